The van der Waals surface area contributed by atoms with E-state index in [0.717, 1.165) is 16.8 Å². The average molecular weight is 525 g/mol. The van der Waals surface area contributed by atoms with Crippen molar-refractivity contribution in [2.24, 2.45) is 5.10 Å². The lowest BCUT2D eigenvalue weighted by molar-refractivity contribution is 0.0950. The fraction of sp³-hybridized carbons (Fsp3) is 0.0333. The van der Waals surface area contributed by atoms with Crippen molar-refractivity contribution in [3.8, 4) is 22.7 Å². The van der Waals surface area contributed by atoms with Gasteiger partial charge in [-0.1, -0.05) is 54.1 Å². The molecule has 0 aliphatic carbocycles. The lowest BCUT2D eigenvalue weighted by Gasteiger charge is -2.10. The fourth-order valence-electron chi connectivity index (χ4n) is 3.77. The van der Waals surface area contributed by atoms with Gasteiger partial charge in [-0.3, -0.25) is 4.79 Å². The molecule has 0 aliphatic heterocycles. The monoisotopic (exact) mass is 524 g/mol. The molecule has 0 atom stereocenters. The van der Waals surface area contributed by atoms with Crippen molar-refractivity contribution in [3.63, 3.8) is 0 Å². The van der Waals surface area contributed by atoms with Crippen molar-refractivity contribution in [1.82, 2.24) is 15.2 Å². The molecule has 8 heteroatoms. The third-order valence-electron chi connectivity index (χ3n) is 5.69. The normalized spacial score (nSPS) is 11.0. The Bertz CT molecular complexity index is 1570. The van der Waals surface area contributed by atoms with Crippen molar-refractivity contribution in [2.45, 2.75) is 6.61 Å². The standard InChI is InChI=1S/C30H22ClFN4O2/c31-24-14-10-21(11-15-24)20-38-28-9-5-4-8-27(28)30(37)34-33-18-23-19-36(26-6-2-1-3-7-26)35-29(23)22-12-16-25(32)17-13-22/h1-19H,20H2,(H,34,37)/b33-18-. The number of hydrogen-bond acceptors (Lipinski definition) is 4. The molecule has 38 heavy (non-hydrogen) atoms. The van der Waals surface area contributed by atoms with Crippen LogP contribution in [0.5, 0.6) is 5.75 Å². The first-order valence-corrected chi connectivity index (χ1v) is 12.2. The number of carbonyl (C=O) groups is 1. The highest BCUT2D eigenvalue weighted by Gasteiger charge is 2.14. The molecule has 4 aromatic carbocycles. The molecule has 5 aromatic rings. The van der Waals surface area contributed by atoms with Gasteiger partial charge >= 0.3 is 0 Å². The van der Waals surface area contributed by atoms with Gasteiger partial charge in [-0.25, -0.2) is 14.5 Å². The van der Waals surface area contributed by atoms with Gasteiger partial charge in [0.15, 0.2) is 0 Å². The minimum Gasteiger partial charge on any atom is -0.488 e. The van der Waals surface area contributed by atoms with E-state index in [-0.39, 0.29) is 12.4 Å². The maximum absolute atomic E-state index is 13.5. The highest BCUT2D eigenvalue weighted by molar-refractivity contribution is 6.30. The zero-order valence-electron chi connectivity index (χ0n) is 20.1. The second-order valence-corrected chi connectivity index (χ2v) is 8.77. The molecule has 0 fully saturated rings. The van der Waals surface area contributed by atoms with Gasteiger partial charge in [-0.2, -0.15) is 10.2 Å². The summed E-state index contributed by atoms with van der Waals surface area (Å²) in [4.78, 5) is 12.9. The fourth-order valence-corrected chi connectivity index (χ4v) is 3.90. The Morgan fingerprint density at radius 3 is 2.42 bits per heavy atom. The summed E-state index contributed by atoms with van der Waals surface area (Å²) in [5, 5.41) is 9.49. The SMILES string of the molecule is O=C(N/N=C\c1cn(-c2ccccc2)nc1-c1ccc(F)cc1)c1ccccc1OCc1ccc(Cl)cc1. The van der Waals surface area contributed by atoms with E-state index in [0.29, 0.717) is 27.6 Å². The summed E-state index contributed by atoms with van der Waals surface area (Å²) in [6, 6.07) is 29.9. The summed E-state index contributed by atoms with van der Waals surface area (Å²) in [6.07, 6.45) is 3.31. The van der Waals surface area contributed by atoms with Gasteiger partial charge in [0, 0.05) is 22.3 Å². The third-order valence-corrected chi connectivity index (χ3v) is 5.94. The number of benzene rings is 4. The van der Waals surface area contributed by atoms with E-state index in [4.69, 9.17) is 16.3 Å². The molecule has 1 aromatic heterocycles. The Morgan fingerprint density at radius 2 is 1.66 bits per heavy atom. The van der Waals surface area contributed by atoms with E-state index in [1.807, 2.05) is 42.5 Å². The lowest BCUT2D eigenvalue weighted by Crippen LogP contribution is -2.18. The van der Waals surface area contributed by atoms with Crippen LogP contribution in [0.2, 0.25) is 5.02 Å². The van der Waals surface area contributed by atoms with E-state index in [1.54, 1.807) is 59.4 Å². The van der Waals surface area contributed by atoms with Crippen molar-refractivity contribution in [1.29, 1.82) is 0 Å². The molecule has 0 radical (unpaired) electrons. The molecule has 0 unspecified atom stereocenters. The number of para-hydroxylation sites is 2. The Hall–Kier alpha value is -4.75. The van der Waals surface area contributed by atoms with Gasteiger partial charge in [0.25, 0.3) is 5.91 Å². The van der Waals surface area contributed by atoms with Gasteiger partial charge in [-0.15, -0.1) is 0 Å². The largest absolute Gasteiger partial charge is 0.488 e. The Morgan fingerprint density at radius 1 is 0.947 bits per heavy atom. The van der Waals surface area contributed by atoms with Crippen LogP contribution >= 0.6 is 11.6 Å². The van der Waals surface area contributed by atoms with Gasteiger partial charge in [0.1, 0.15) is 23.9 Å². The number of ether oxygens (including phenoxy) is 1. The molecule has 5 rings (SSSR count). The van der Waals surface area contributed by atoms with Gasteiger partial charge in [-0.05, 0) is 66.2 Å². The summed E-state index contributed by atoms with van der Waals surface area (Å²) >= 11 is 5.94. The maximum atomic E-state index is 13.5. The molecular weight excluding hydrogens is 503 g/mol. The third kappa shape index (κ3) is 5.96. The summed E-state index contributed by atoms with van der Waals surface area (Å²) < 4.78 is 21.1. The summed E-state index contributed by atoms with van der Waals surface area (Å²) in [6.45, 7) is 0.282. The number of nitrogens with one attached hydrogen (secondary N) is 1. The predicted octanol–water partition coefficient (Wildman–Crippen LogP) is 6.67. The van der Waals surface area contributed by atoms with E-state index in [1.165, 1.54) is 18.3 Å². The second kappa shape index (κ2) is 11.5. The smallest absolute Gasteiger partial charge is 0.275 e. The molecular formula is C30H22ClFN4O2. The second-order valence-electron chi connectivity index (χ2n) is 8.33. The van der Waals surface area contributed by atoms with Gasteiger partial charge < -0.3 is 4.74 Å². The molecule has 1 N–H and O–H groups in total. The number of halogens is 2. The Balaban J connectivity index is 1.35. The van der Waals surface area contributed by atoms with Gasteiger partial charge in [0.2, 0.25) is 0 Å². The van der Waals surface area contributed by atoms with Crippen molar-refractivity contribution in [2.75, 3.05) is 0 Å². The number of amides is 1. The minimum atomic E-state index is -0.424. The number of aromatic nitrogens is 2. The first kappa shape index (κ1) is 24.9. The summed E-state index contributed by atoms with van der Waals surface area (Å²) in [5.41, 5.74) is 6.65. The number of carbonyl (C=O) groups excluding carboxylic acids is 1. The van der Waals surface area contributed by atoms with E-state index < -0.39 is 5.91 Å². The van der Waals surface area contributed by atoms with Gasteiger partial charge in [0.05, 0.1) is 17.5 Å². The van der Waals surface area contributed by atoms with E-state index >= 15 is 0 Å². The number of rotatable bonds is 8. The molecule has 1 amide bonds. The molecule has 0 bridgehead atoms. The van der Waals surface area contributed by atoms with Crippen LogP contribution < -0.4 is 10.2 Å². The van der Waals surface area contributed by atoms with Crippen LogP contribution in [-0.4, -0.2) is 21.9 Å². The van der Waals surface area contributed by atoms with Crippen LogP contribution in [0.15, 0.2) is 114 Å². The van der Waals surface area contributed by atoms with E-state index in [2.05, 4.69) is 15.6 Å². The van der Waals surface area contributed by atoms with Crippen LogP contribution in [-0.2, 0) is 6.61 Å². The highest BCUT2D eigenvalue weighted by atomic mass is 35.5. The van der Waals surface area contributed by atoms with Crippen LogP contribution in [0.3, 0.4) is 0 Å². The van der Waals surface area contributed by atoms with Crippen LogP contribution in [0.25, 0.3) is 16.9 Å². The number of nitrogens with zero attached hydrogens (tertiary/aromatic N) is 3. The molecule has 0 saturated carbocycles. The van der Waals surface area contributed by atoms with Crippen LogP contribution in [0.1, 0.15) is 21.5 Å². The molecule has 1 heterocycles. The first-order chi connectivity index (χ1) is 18.6. The van der Waals surface area contributed by atoms with Crippen LogP contribution in [0.4, 0.5) is 4.39 Å². The summed E-state index contributed by atoms with van der Waals surface area (Å²) in [7, 11) is 0. The molecule has 0 aliphatic rings. The zero-order chi connectivity index (χ0) is 26.3. The Kier molecular flexibility index (Phi) is 7.57. The highest BCUT2D eigenvalue weighted by Crippen LogP contribution is 2.24. The number of hydrogen-bond donors (Lipinski definition) is 1. The molecule has 0 saturated heterocycles. The van der Waals surface area contributed by atoms with Crippen LogP contribution in [0, 0.1) is 5.82 Å². The topological polar surface area (TPSA) is 68.5 Å². The summed E-state index contributed by atoms with van der Waals surface area (Å²) in [5.74, 6) is -0.332. The molecule has 0 spiro atoms. The Labute approximate surface area is 224 Å². The first-order valence-electron chi connectivity index (χ1n) is 11.8. The maximum Gasteiger partial charge on any atom is 0.275 e. The number of hydrazone groups is 1. The van der Waals surface area contributed by atoms with Crippen molar-refractivity contribution < 1.29 is 13.9 Å². The minimum absolute atomic E-state index is 0.282. The van der Waals surface area contributed by atoms with Crippen molar-refractivity contribution in [3.05, 3.63) is 137 Å². The predicted molar refractivity (Wildman–Crippen MR) is 146 cm³/mol. The lowest BCUT2D eigenvalue weighted by atomic mass is 10.1. The quantitative estimate of drug-likeness (QED) is 0.182. The molecule has 188 valence electrons. The molecule has 6 nitrogen and oxygen atoms in total. The zero-order valence-corrected chi connectivity index (χ0v) is 20.8. The van der Waals surface area contributed by atoms with Crippen molar-refractivity contribution >= 4 is 23.7 Å². The van der Waals surface area contributed by atoms with E-state index in [9.17, 15) is 9.18 Å². The average Bonchev–Trinajstić information content (AvgIpc) is 3.38.